The van der Waals surface area contributed by atoms with Gasteiger partial charge in [-0.15, -0.1) is 0 Å². The van der Waals surface area contributed by atoms with E-state index in [4.69, 9.17) is 5.11 Å². The molecule has 0 radical (unpaired) electrons. The van der Waals surface area contributed by atoms with Crippen LogP contribution in [-0.4, -0.2) is 60.7 Å². The highest BCUT2D eigenvalue weighted by atomic mass is 16.3. The lowest BCUT2D eigenvalue weighted by molar-refractivity contribution is 0.0822. The van der Waals surface area contributed by atoms with Gasteiger partial charge in [0.2, 0.25) is 0 Å². The number of nitrogens with zero attached hydrogens (tertiary/aromatic N) is 2. The fourth-order valence-electron chi connectivity index (χ4n) is 1.49. The summed E-state index contributed by atoms with van der Waals surface area (Å²) in [6.45, 7) is 3.77. The number of pyridine rings is 1. The number of aromatic nitrogens is 1. The van der Waals surface area contributed by atoms with E-state index in [-0.39, 0.29) is 12.0 Å². The van der Waals surface area contributed by atoms with E-state index in [2.05, 4.69) is 15.6 Å². The smallest absolute Gasteiger partial charge is 0.272 e. The van der Waals surface area contributed by atoms with Crippen LogP contribution in [0.2, 0.25) is 0 Å². The number of anilines is 1. The molecular formula is C13H22N4O2. The number of carbonyl (C=O) groups is 1. The Bertz CT molecular complexity index is 407. The Morgan fingerprint density at radius 2 is 2.21 bits per heavy atom. The van der Waals surface area contributed by atoms with Crippen LogP contribution in [0.5, 0.6) is 0 Å². The molecular weight excluding hydrogens is 244 g/mol. The summed E-state index contributed by atoms with van der Waals surface area (Å²) in [5, 5.41) is 15.4. The van der Waals surface area contributed by atoms with Gasteiger partial charge in [0.15, 0.2) is 0 Å². The molecule has 0 fully saturated rings. The van der Waals surface area contributed by atoms with Crippen LogP contribution in [0.1, 0.15) is 17.4 Å². The van der Waals surface area contributed by atoms with Crippen molar-refractivity contribution >= 4 is 11.6 Å². The molecule has 1 aromatic rings. The van der Waals surface area contributed by atoms with Gasteiger partial charge in [0.25, 0.3) is 5.91 Å². The van der Waals surface area contributed by atoms with Crippen molar-refractivity contribution in [2.45, 2.75) is 13.0 Å². The third-order valence-electron chi connectivity index (χ3n) is 2.46. The summed E-state index contributed by atoms with van der Waals surface area (Å²) in [7, 11) is 3.40. The van der Waals surface area contributed by atoms with Gasteiger partial charge in [-0.1, -0.05) is 0 Å². The molecule has 1 heterocycles. The first-order valence-electron chi connectivity index (χ1n) is 6.31. The molecule has 0 saturated carbocycles. The standard InChI is InChI=1S/C13H22N4O2/c1-10(18)9-14-6-7-15-11-4-5-16-12(8-11)13(19)17(2)3/h4-5,8,10,14,18H,6-7,9H2,1-3H3,(H,15,16). The lowest BCUT2D eigenvalue weighted by Gasteiger charge is -2.12. The van der Waals surface area contributed by atoms with Crippen LogP contribution >= 0.6 is 0 Å². The Morgan fingerprint density at radius 3 is 2.84 bits per heavy atom. The Morgan fingerprint density at radius 1 is 1.47 bits per heavy atom. The molecule has 0 aromatic carbocycles. The van der Waals surface area contributed by atoms with Gasteiger partial charge in [-0.05, 0) is 19.1 Å². The van der Waals surface area contributed by atoms with Gasteiger partial charge < -0.3 is 20.6 Å². The number of nitrogens with one attached hydrogen (secondary N) is 2. The van der Waals surface area contributed by atoms with Gasteiger partial charge in [-0.25, -0.2) is 0 Å². The number of aliphatic hydroxyl groups is 1. The minimum atomic E-state index is -0.342. The monoisotopic (exact) mass is 266 g/mol. The van der Waals surface area contributed by atoms with Crippen molar-refractivity contribution in [3.05, 3.63) is 24.0 Å². The zero-order valence-corrected chi connectivity index (χ0v) is 11.7. The van der Waals surface area contributed by atoms with Crippen molar-refractivity contribution < 1.29 is 9.90 Å². The molecule has 0 aliphatic carbocycles. The fourth-order valence-corrected chi connectivity index (χ4v) is 1.49. The van der Waals surface area contributed by atoms with Gasteiger partial charge in [0, 0.05) is 45.6 Å². The first-order valence-corrected chi connectivity index (χ1v) is 6.31. The number of carbonyl (C=O) groups excluding carboxylic acids is 1. The molecule has 0 aliphatic rings. The Kier molecular flexibility index (Phi) is 6.24. The van der Waals surface area contributed by atoms with Crippen molar-refractivity contribution in [3.8, 4) is 0 Å². The van der Waals surface area contributed by atoms with Crippen LogP contribution in [0.3, 0.4) is 0 Å². The zero-order valence-electron chi connectivity index (χ0n) is 11.7. The minimum Gasteiger partial charge on any atom is -0.392 e. The van der Waals surface area contributed by atoms with Gasteiger partial charge >= 0.3 is 0 Å². The maximum Gasteiger partial charge on any atom is 0.272 e. The van der Waals surface area contributed by atoms with Crippen LogP contribution in [0.4, 0.5) is 5.69 Å². The predicted molar refractivity (Wildman–Crippen MR) is 75.3 cm³/mol. The fraction of sp³-hybridized carbons (Fsp3) is 0.538. The molecule has 1 aromatic heterocycles. The van der Waals surface area contributed by atoms with Crippen molar-refractivity contribution in [3.63, 3.8) is 0 Å². The Labute approximate surface area is 113 Å². The number of rotatable bonds is 7. The number of hydrogen-bond acceptors (Lipinski definition) is 5. The predicted octanol–water partition coefficient (Wildman–Crippen LogP) is 0.166. The minimum absolute atomic E-state index is 0.115. The molecule has 0 bridgehead atoms. The molecule has 106 valence electrons. The van der Waals surface area contributed by atoms with Crippen molar-refractivity contribution in [1.29, 1.82) is 0 Å². The molecule has 6 heteroatoms. The highest BCUT2D eigenvalue weighted by Crippen LogP contribution is 2.08. The number of aliphatic hydroxyl groups excluding tert-OH is 1. The largest absolute Gasteiger partial charge is 0.392 e. The highest BCUT2D eigenvalue weighted by molar-refractivity contribution is 5.92. The van der Waals surface area contributed by atoms with Crippen LogP contribution in [0.25, 0.3) is 0 Å². The van der Waals surface area contributed by atoms with Gasteiger partial charge in [-0.2, -0.15) is 0 Å². The van der Waals surface area contributed by atoms with Crippen LogP contribution in [-0.2, 0) is 0 Å². The van der Waals surface area contributed by atoms with E-state index in [0.717, 1.165) is 12.2 Å². The second-order valence-corrected chi connectivity index (χ2v) is 4.61. The van der Waals surface area contributed by atoms with E-state index in [1.165, 1.54) is 4.90 Å². The summed E-state index contributed by atoms with van der Waals surface area (Å²) in [6.07, 6.45) is 1.27. The third kappa shape index (κ3) is 5.67. The van der Waals surface area contributed by atoms with Crippen LogP contribution < -0.4 is 10.6 Å². The zero-order chi connectivity index (χ0) is 14.3. The Hall–Kier alpha value is -1.66. The average Bonchev–Trinajstić information content (AvgIpc) is 2.37. The average molecular weight is 266 g/mol. The topological polar surface area (TPSA) is 77.5 Å². The molecule has 1 atom stereocenters. The van der Waals surface area contributed by atoms with Crippen LogP contribution in [0, 0.1) is 0 Å². The van der Waals surface area contributed by atoms with Crippen molar-refractivity contribution in [2.75, 3.05) is 39.0 Å². The summed E-state index contributed by atoms with van der Waals surface area (Å²) in [5.74, 6) is -0.115. The molecule has 1 rings (SSSR count). The SMILES string of the molecule is CC(O)CNCCNc1ccnc(C(=O)N(C)C)c1. The highest BCUT2D eigenvalue weighted by Gasteiger charge is 2.09. The van der Waals surface area contributed by atoms with Crippen molar-refractivity contribution in [1.82, 2.24) is 15.2 Å². The van der Waals surface area contributed by atoms with E-state index in [0.29, 0.717) is 18.8 Å². The van der Waals surface area contributed by atoms with Crippen molar-refractivity contribution in [2.24, 2.45) is 0 Å². The van der Waals surface area contributed by atoms with Gasteiger partial charge in [-0.3, -0.25) is 9.78 Å². The molecule has 19 heavy (non-hydrogen) atoms. The van der Waals surface area contributed by atoms with Gasteiger partial charge in [0.05, 0.1) is 6.10 Å². The van der Waals surface area contributed by atoms with E-state index < -0.39 is 0 Å². The number of amides is 1. The van der Waals surface area contributed by atoms with E-state index in [9.17, 15) is 4.79 Å². The second kappa shape index (κ2) is 7.70. The van der Waals surface area contributed by atoms with Crippen LogP contribution in [0.15, 0.2) is 18.3 Å². The van der Waals surface area contributed by atoms with E-state index in [1.807, 2.05) is 6.07 Å². The lowest BCUT2D eigenvalue weighted by Crippen LogP contribution is -2.29. The first kappa shape index (κ1) is 15.4. The van der Waals surface area contributed by atoms with Gasteiger partial charge in [0.1, 0.15) is 5.69 Å². The number of hydrogen-bond donors (Lipinski definition) is 3. The van der Waals surface area contributed by atoms with E-state index in [1.54, 1.807) is 33.3 Å². The molecule has 0 saturated heterocycles. The quantitative estimate of drug-likeness (QED) is 0.613. The molecule has 0 spiro atoms. The maximum atomic E-state index is 11.7. The molecule has 1 unspecified atom stereocenters. The summed E-state index contributed by atoms with van der Waals surface area (Å²) in [6, 6.07) is 3.55. The maximum absolute atomic E-state index is 11.7. The van der Waals surface area contributed by atoms with E-state index >= 15 is 0 Å². The Balaban J connectivity index is 2.42. The second-order valence-electron chi connectivity index (χ2n) is 4.61. The normalized spacial score (nSPS) is 12.0. The summed E-state index contributed by atoms with van der Waals surface area (Å²) >= 11 is 0. The summed E-state index contributed by atoms with van der Waals surface area (Å²) < 4.78 is 0. The lowest BCUT2D eigenvalue weighted by atomic mass is 10.3. The third-order valence-corrected chi connectivity index (χ3v) is 2.46. The molecule has 1 amide bonds. The summed E-state index contributed by atoms with van der Waals surface area (Å²) in [5.41, 5.74) is 1.28. The summed E-state index contributed by atoms with van der Waals surface area (Å²) in [4.78, 5) is 17.3. The first-order chi connectivity index (χ1) is 9.00. The molecule has 6 nitrogen and oxygen atoms in total. The molecule has 0 aliphatic heterocycles. The molecule has 3 N–H and O–H groups in total.